The zero-order chi connectivity index (χ0) is 23.0. The molecule has 1 N–H and O–H groups in total. The second-order valence-electron chi connectivity index (χ2n) is 6.93. The first-order chi connectivity index (χ1) is 15.3. The summed E-state index contributed by atoms with van der Waals surface area (Å²) in [6.45, 7) is 1.54. The van der Waals surface area contributed by atoms with E-state index < -0.39 is 10.5 Å². The molecule has 1 heterocycles. The molecule has 0 saturated carbocycles. The molecule has 0 aliphatic rings. The smallest absolute Gasteiger partial charge is 0.272 e. The summed E-state index contributed by atoms with van der Waals surface area (Å²) in [6, 6.07) is 18.2. The Labute approximate surface area is 191 Å². The van der Waals surface area contributed by atoms with Gasteiger partial charge in [0.05, 0.1) is 26.2 Å². The van der Waals surface area contributed by atoms with Crippen LogP contribution in [0.15, 0.2) is 76.5 Å². The van der Waals surface area contributed by atoms with Crippen molar-refractivity contribution in [2.45, 2.75) is 6.92 Å². The number of hydrogen-bond donors (Lipinski definition) is 1. The largest absolute Gasteiger partial charge is 0.506 e. The quantitative estimate of drug-likeness (QED) is 0.224. The number of para-hydroxylation sites is 2. The van der Waals surface area contributed by atoms with Gasteiger partial charge in [-0.2, -0.15) is 0 Å². The number of nitro groups is 1. The molecule has 32 heavy (non-hydrogen) atoms. The molecule has 0 fully saturated rings. The van der Waals surface area contributed by atoms with E-state index in [-0.39, 0.29) is 38.4 Å². The highest BCUT2D eigenvalue weighted by Crippen LogP contribution is 2.38. The molecule has 3 aromatic carbocycles. The number of hydrogen-bond acceptors (Lipinski definition) is 5. The van der Waals surface area contributed by atoms with Crippen LogP contribution in [0.4, 0.5) is 11.4 Å². The molecule has 0 atom stereocenters. The van der Waals surface area contributed by atoms with Gasteiger partial charge in [-0.25, -0.2) is 4.99 Å². The number of fused-ring (bicyclic) bond motifs is 1. The maximum Gasteiger partial charge on any atom is 0.272 e. The highest BCUT2D eigenvalue weighted by atomic mass is 35.5. The zero-order valence-electron chi connectivity index (χ0n) is 16.6. The molecule has 0 aliphatic carbocycles. The van der Waals surface area contributed by atoms with Gasteiger partial charge < -0.3 is 5.11 Å². The minimum absolute atomic E-state index is 0.0296. The Balaban J connectivity index is 2.00. The van der Waals surface area contributed by atoms with Crippen molar-refractivity contribution < 1.29 is 10.0 Å². The van der Waals surface area contributed by atoms with Crippen molar-refractivity contribution in [3.05, 3.63) is 103 Å². The second kappa shape index (κ2) is 8.45. The predicted octanol–water partition coefficient (Wildman–Crippen LogP) is 6.05. The van der Waals surface area contributed by atoms with Crippen LogP contribution in [-0.4, -0.2) is 20.3 Å². The number of benzene rings is 3. The van der Waals surface area contributed by atoms with Crippen LogP contribution < -0.4 is 5.56 Å². The van der Waals surface area contributed by atoms with E-state index in [1.807, 2.05) is 6.07 Å². The van der Waals surface area contributed by atoms with Crippen LogP contribution in [0.25, 0.3) is 16.6 Å². The first kappa shape index (κ1) is 21.5. The number of nitro benzene ring substituents is 1. The van der Waals surface area contributed by atoms with Crippen LogP contribution in [0.2, 0.25) is 10.0 Å². The maximum absolute atomic E-state index is 13.5. The van der Waals surface area contributed by atoms with Gasteiger partial charge in [-0.3, -0.25) is 19.5 Å². The fraction of sp³-hybridized carbons (Fsp3) is 0.0435. The Bertz CT molecular complexity index is 1440. The molecule has 9 heteroatoms. The third kappa shape index (κ3) is 3.72. The van der Waals surface area contributed by atoms with Gasteiger partial charge in [0.1, 0.15) is 17.0 Å². The Kier molecular flexibility index (Phi) is 5.69. The Morgan fingerprint density at radius 3 is 2.25 bits per heavy atom. The molecule has 0 aliphatic heterocycles. The van der Waals surface area contributed by atoms with Crippen LogP contribution in [0.5, 0.6) is 5.75 Å². The molecule has 0 saturated heterocycles. The summed E-state index contributed by atoms with van der Waals surface area (Å²) < 4.78 is 1.49. The first-order valence-electron chi connectivity index (χ1n) is 9.41. The molecule has 0 unspecified atom stereocenters. The van der Waals surface area contributed by atoms with Crippen molar-refractivity contribution in [2.24, 2.45) is 4.99 Å². The number of rotatable bonds is 4. The molecule has 0 radical (unpaired) electrons. The van der Waals surface area contributed by atoms with E-state index in [1.165, 1.54) is 11.5 Å². The summed E-state index contributed by atoms with van der Waals surface area (Å²) in [5.74, 6) is -0.229. The molecule has 160 valence electrons. The molecule has 4 aromatic rings. The summed E-state index contributed by atoms with van der Waals surface area (Å²) in [5, 5.41) is 22.3. The average molecular weight is 468 g/mol. The highest BCUT2D eigenvalue weighted by Gasteiger charge is 2.21. The fourth-order valence-corrected chi connectivity index (χ4v) is 4.03. The summed E-state index contributed by atoms with van der Waals surface area (Å²) >= 11 is 12.3. The van der Waals surface area contributed by atoms with Crippen molar-refractivity contribution >= 4 is 51.2 Å². The summed E-state index contributed by atoms with van der Waals surface area (Å²) in [5.41, 5.74) is 0.575. The van der Waals surface area contributed by atoms with Crippen LogP contribution in [-0.2, 0) is 0 Å². The number of aliphatic imine (C=N–C) groups is 1. The van der Waals surface area contributed by atoms with Crippen LogP contribution in [0.1, 0.15) is 12.5 Å². The standard InChI is InChI=1S/C23H15Cl2N3O4/c1-13(26-21-17(24)11-15(28(31)32)12-18(21)25)20-22(29)16-9-5-6-10-19(16)27(23(20)30)14-7-3-2-4-8-14/h2-12,29H,1H3. The van der Waals surface area contributed by atoms with Gasteiger partial charge in [0, 0.05) is 23.2 Å². The molecule has 0 bridgehead atoms. The van der Waals surface area contributed by atoms with E-state index in [0.717, 1.165) is 12.1 Å². The lowest BCUT2D eigenvalue weighted by Gasteiger charge is -2.15. The molecular formula is C23H15Cl2N3O4. The monoisotopic (exact) mass is 467 g/mol. The van der Waals surface area contributed by atoms with Crippen LogP contribution in [0, 0.1) is 10.1 Å². The number of nitrogens with zero attached hydrogens (tertiary/aromatic N) is 3. The Hall–Kier alpha value is -3.68. The molecule has 4 rings (SSSR count). The lowest BCUT2D eigenvalue weighted by atomic mass is 10.1. The third-order valence-corrected chi connectivity index (χ3v) is 5.50. The van der Waals surface area contributed by atoms with Crippen molar-refractivity contribution in [1.29, 1.82) is 0 Å². The van der Waals surface area contributed by atoms with E-state index >= 15 is 0 Å². The normalized spacial score (nSPS) is 11.7. The van der Waals surface area contributed by atoms with Gasteiger partial charge in [-0.1, -0.05) is 53.5 Å². The zero-order valence-corrected chi connectivity index (χ0v) is 18.1. The second-order valence-corrected chi connectivity index (χ2v) is 7.74. The highest BCUT2D eigenvalue weighted by molar-refractivity contribution is 6.39. The van der Waals surface area contributed by atoms with E-state index in [1.54, 1.807) is 48.5 Å². The minimum Gasteiger partial charge on any atom is -0.506 e. The van der Waals surface area contributed by atoms with Crippen molar-refractivity contribution in [3.8, 4) is 11.4 Å². The van der Waals surface area contributed by atoms with Crippen LogP contribution in [0.3, 0.4) is 0 Å². The van der Waals surface area contributed by atoms with Crippen molar-refractivity contribution in [1.82, 2.24) is 4.57 Å². The number of pyridine rings is 1. The van der Waals surface area contributed by atoms with Gasteiger partial charge in [0.25, 0.3) is 11.2 Å². The third-order valence-electron chi connectivity index (χ3n) is 4.92. The van der Waals surface area contributed by atoms with E-state index in [2.05, 4.69) is 4.99 Å². The maximum atomic E-state index is 13.5. The van der Waals surface area contributed by atoms with E-state index in [4.69, 9.17) is 23.2 Å². The molecule has 1 aromatic heterocycles. The average Bonchev–Trinajstić information content (AvgIpc) is 2.77. The van der Waals surface area contributed by atoms with Gasteiger partial charge >= 0.3 is 0 Å². The summed E-state index contributed by atoms with van der Waals surface area (Å²) in [7, 11) is 0. The number of aromatic nitrogens is 1. The molecule has 7 nitrogen and oxygen atoms in total. The van der Waals surface area contributed by atoms with Crippen molar-refractivity contribution in [3.63, 3.8) is 0 Å². The topological polar surface area (TPSA) is 97.7 Å². The number of halogens is 2. The Morgan fingerprint density at radius 2 is 1.62 bits per heavy atom. The summed E-state index contributed by atoms with van der Waals surface area (Å²) in [4.78, 5) is 28.3. The minimum atomic E-state index is -0.619. The van der Waals surface area contributed by atoms with E-state index in [9.17, 15) is 20.0 Å². The lowest BCUT2D eigenvalue weighted by Crippen LogP contribution is -2.25. The molecular weight excluding hydrogens is 453 g/mol. The van der Waals surface area contributed by atoms with Crippen molar-refractivity contribution in [2.75, 3.05) is 0 Å². The summed E-state index contributed by atoms with van der Waals surface area (Å²) in [6.07, 6.45) is 0. The molecule has 0 amide bonds. The first-order valence-corrected chi connectivity index (χ1v) is 10.2. The van der Waals surface area contributed by atoms with Gasteiger partial charge in [-0.05, 0) is 31.2 Å². The SMILES string of the molecule is CC(=Nc1c(Cl)cc([N+](=O)[O-])cc1Cl)c1c(O)c2ccccc2n(-c2ccccc2)c1=O. The Morgan fingerprint density at radius 1 is 1.03 bits per heavy atom. The number of non-ortho nitro benzene ring substituents is 1. The van der Waals surface area contributed by atoms with Crippen LogP contribution >= 0.6 is 23.2 Å². The van der Waals surface area contributed by atoms with Gasteiger partial charge in [-0.15, -0.1) is 0 Å². The van der Waals surface area contributed by atoms with E-state index in [0.29, 0.717) is 16.6 Å². The van der Waals surface area contributed by atoms with Gasteiger partial charge in [0.2, 0.25) is 0 Å². The fourth-order valence-electron chi connectivity index (χ4n) is 3.47. The predicted molar refractivity (Wildman–Crippen MR) is 126 cm³/mol. The molecule has 0 spiro atoms. The van der Waals surface area contributed by atoms with Gasteiger partial charge in [0.15, 0.2) is 0 Å². The lowest BCUT2D eigenvalue weighted by molar-refractivity contribution is -0.384. The number of aromatic hydroxyl groups is 1.